The van der Waals surface area contributed by atoms with Crippen molar-refractivity contribution in [2.75, 3.05) is 5.75 Å². The number of amides is 1. The number of nitrogens with one attached hydrogen (secondary N) is 1. The number of carbonyl (C=O) groups excluding carboxylic acids is 2. The maximum absolute atomic E-state index is 12.7. The van der Waals surface area contributed by atoms with Gasteiger partial charge in [0.05, 0.1) is 11.7 Å². The van der Waals surface area contributed by atoms with Crippen LogP contribution in [0.3, 0.4) is 0 Å². The van der Waals surface area contributed by atoms with Crippen LogP contribution in [0.2, 0.25) is 0 Å². The van der Waals surface area contributed by atoms with Gasteiger partial charge in [0.1, 0.15) is 10.8 Å². The second kappa shape index (κ2) is 7.56. The average molecular weight is 319 g/mol. The van der Waals surface area contributed by atoms with Gasteiger partial charge in [-0.2, -0.15) is 0 Å². The molecule has 1 amide bonds. The molecule has 2 aromatic rings. The van der Waals surface area contributed by atoms with Crippen LogP contribution in [0.15, 0.2) is 47.6 Å². The normalized spacial score (nSPS) is 10.2. The molecule has 0 aliphatic heterocycles. The number of nitrogens with zero attached hydrogens (tertiary/aromatic N) is 1. The molecule has 1 aromatic carbocycles. The highest BCUT2D eigenvalue weighted by Gasteiger charge is 2.08. The minimum Gasteiger partial charge on any atom is -0.545 e. The molecule has 0 spiro atoms. The molecule has 1 aromatic heterocycles. The number of aromatic nitrogens is 1. The molecule has 0 saturated heterocycles. The fraction of sp³-hybridized carbons (Fsp3) is 0.133. The molecule has 7 heteroatoms. The predicted octanol–water partition coefficient (Wildman–Crippen LogP) is 0.993. The lowest BCUT2D eigenvalue weighted by molar-refractivity contribution is -0.255. The lowest BCUT2D eigenvalue weighted by Gasteiger charge is -2.09. The first-order valence-electron chi connectivity index (χ1n) is 6.36. The third-order valence-electron chi connectivity index (χ3n) is 2.73. The number of rotatable bonds is 6. The van der Waals surface area contributed by atoms with Gasteiger partial charge < -0.3 is 15.2 Å². The van der Waals surface area contributed by atoms with Gasteiger partial charge >= 0.3 is 0 Å². The van der Waals surface area contributed by atoms with Gasteiger partial charge in [0.2, 0.25) is 5.91 Å². The van der Waals surface area contributed by atoms with Crippen molar-refractivity contribution in [2.24, 2.45) is 0 Å². The van der Waals surface area contributed by atoms with Crippen LogP contribution in [0.5, 0.6) is 0 Å². The van der Waals surface area contributed by atoms with E-state index in [-0.39, 0.29) is 34.6 Å². The van der Waals surface area contributed by atoms with Gasteiger partial charge in [0, 0.05) is 18.3 Å². The Hall–Kier alpha value is -2.41. The summed E-state index contributed by atoms with van der Waals surface area (Å²) in [6.45, 7) is 0.273. The highest BCUT2D eigenvalue weighted by atomic mass is 32.2. The molecular weight excluding hydrogens is 307 g/mol. The zero-order valence-electron chi connectivity index (χ0n) is 11.4. The number of hydrogen-bond donors (Lipinski definition) is 1. The first kappa shape index (κ1) is 16.0. The Morgan fingerprint density at radius 1 is 1.23 bits per heavy atom. The van der Waals surface area contributed by atoms with E-state index in [1.165, 1.54) is 30.5 Å². The lowest BCUT2D eigenvalue weighted by atomic mass is 10.2. The lowest BCUT2D eigenvalue weighted by Crippen LogP contribution is -2.25. The number of thioether (sulfide) groups is 1. The highest BCUT2D eigenvalue weighted by Crippen LogP contribution is 2.19. The van der Waals surface area contributed by atoms with Gasteiger partial charge in [0.25, 0.3) is 0 Å². The van der Waals surface area contributed by atoms with Gasteiger partial charge in [-0.1, -0.05) is 23.9 Å². The molecule has 0 fully saturated rings. The number of carboxylic acid groups (broad SMARTS) is 1. The minimum absolute atomic E-state index is 0.0263. The van der Waals surface area contributed by atoms with Gasteiger partial charge in [-0.05, 0) is 29.8 Å². The fourth-order valence-corrected chi connectivity index (χ4v) is 2.46. The van der Waals surface area contributed by atoms with E-state index >= 15 is 0 Å². The number of benzene rings is 1. The van der Waals surface area contributed by atoms with E-state index in [2.05, 4.69) is 10.3 Å². The van der Waals surface area contributed by atoms with Crippen LogP contribution in [-0.4, -0.2) is 22.6 Å². The van der Waals surface area contributed by atoms with E-state index in [0.717, 1.165) is 17.3 Å². The Labute approximate surface area is 130 Å². The van der Waals surface area contributed by atoms with Gasteiger partial charge in [-0.15, -0.1) is 0 Å². The summed E-state index contributed by atoms with van der Waals surface area (Å²) >= 11 is 1.02. The van der Waals surface area contributed by atoms with Gasteiger partial charge in [-0.3, -0.25) is 4.79 Å². The number of pyridine rings is 1. The third-order valence-corrected chi connectivity index (χ3v) is 3.74. The molecule has 0 aliphatic carbocycles. The van der Waals surface area contributed by atoms with Crippen molar-refractivity contribution in [3.05, 3.63) is 59.5 Å². The monoisotopic (exact) mass is 319 g/mol. The number of carbonyl (C=O) groups is 2. The number of aromatic carboxylic acids is 1. The van der Waals surface area contributed by atoms with E-state index in [4.69, 9.17) is 0 Å². The highest BCUT2D eigenvalue weighted by molar-refractivity contribution is 8.00. The molecule has 1 heterocycles. The summed E-state index contributed by atoms with van der Waals surface area (Å²) in [6, 6.07) is 8.66. The number of carboxylic acids is 1. The molecule has 0 unspecified atom stereocenters. The molecule has 1 N–H and O–H groups in total. The first-order chi connectivity index (χ1) is 10.6. The maximum atomic E-state index is 12.7. The SMILES string of the molecule is O=C(CSc1ncccc1C(=O)[O-])NCc1ccc(F)cc1. The molecule has 0 bridgehead atoms. The van der Waals surface area contributed by atoms with Crippen molar-refractivity contribution >= 4 is 23.6 Å². The molecule has 0 atom stereocenters. The molecule has 5 nitrogen and oxygen atoms in total. The summed E-state index contributed by atoms with van der Waals surface area (Å²) in [5.74, 6) is -1.92. The molecule has 2 rings (SSSR count). The standard InChI is InChI=1S/C15H13FN2O3S/c16-11-5-3-10(4-6-11)8-18-13(19)9-22-14-12(15(20)21)2-1-7-17-14/h1-7H,8-9H2,(H,18,19)(H,20,21)/p-1. The zero-order valence-corrected chi connectivity index (χ0v) is 12.2. The fourth-order valence-electron chi connectivity index (χ4n) is 1.65. The Morgan fingerprint density at radius 2 is 1.95 bits per heavy atom. The molecule has 114 valence electrons. The van der Waals surface area contributed by atoms with E-state index in [1.54, 1.807) is 12.1 Å². The third kappa shape index (κ3) is 4.56. The van der Waals surface area contributed by atoms with E-state index in [9.17, 15) is 19.1 Å². The van der Waals surface area contributed by atoms with Crippen molar-refractivity contribution in [3.63, 3.8) is 0 Å². The zero-order chi connectivity index (χ0) is 15.9. The van der Waals surface area contributed by atoms with Crippen LogP contribution < -0.4 is 10.4 Å². The van der Waals surface area contributed by atoms with Crippen LogP contribution in [0, 0.1) is 5.82 Å². The summed E-state index contributed by atoms with van der Waals surface area (Å²) in [4.78, 5) is 26.6. The van der Waals surface area contributed by atoms with E-state index < -0.39 is 5.97 Å². The van der Waals surface area contributed by atoms with Crippen molar-refractivity contribution in [3.8, 4) is 0 Å². The number of hydrogen-bond acceptors (Lipinski definition) is 5. The van der Waals surface area contributed by atoms with Crippen molar-refractivity contribution in [1.29, 1.82) is 0 Å². The Kier molecular flexibility index (Phi) is 5.48. The van der Waals surface area contributed by atoms with Gasteiger partial charge in [0.15, 0.2) is 0 Å². The van der Waals surface area contributed by atoms with Crippen molar-refractivity contribution in [1.82, 2.24) is 10.3 Å². The summed E-state index contributed by atoms with van der Waals surface area (Å²) in [6.07, 6.45) is 1.45. The quantitative estimate of drug-likeness (QED) is 0.803. The van der Waals surface area contributed by atoms with Gasteiger partial charge in [-0.25, -0.2) is 9.37 Å². The van der Waals surface area contributed by atoms with Crippen LogP contribution >= 0.6 is 11.8 Å². The summed E-state index contributed by atoms with van der Waals surface area (Å²) in [7, 11) is 0. The summed E-state index contributed by atoms with van der Waals surface area (Å²) < 4.78 is 12.7. The molecular formula is C15H12FN2O3S-. The molecule has 0 aliphatic rings. The second-order valence-corrected chi connectivity index (χ2v) is 5.30. The van der Waals surface area contributed by atoms with E-state index in [0.29, 0.717) is 0 Å². The first-order valence-corrected chi connectivity index (χ1v) is 7.35. The topological polar surface area (TPSA) is 82.1 Å². The van der Waals surface area contributed by atoms with E-state index in [1.807, 2.05) is 0 Å². The van der Waals surface area contributed by atoms with Crippen LogP contribution in [-0.2, 0) is 11.3 Å². The Balaban J connectivity index is 1.85. The predicted molar refractivity (Wildman–Crippen MR) is 77.5 cm³/mol. The number of halogens is 1. The maximum Gasteiger partial charge on any atom is 0.230 e. The van der Waals surface area contributed by atoms with Crippen LogP contribution in [0.25, 0.3) is 0 Å². The Morgan fingerprint density at radius 3 is 2.64 bits per heavy atom. The molecule has 0 saturated carbocycles. The molecule has 22 heavy (non-hydrogen) atoms. The van der Waals surface area contributed by atoms with Crippen LogP contribution in [0.1, 0.15) is 15.9 Å². The smallest absolute Gasteiger partial charge is 0.230 e. The molecule has 0 radical (unpaired) electrons. The summed E-state index contributed by atoms with van der Waals surface area (Å²) in [5.41, 5.74) is 0.729. The van der Waals surface area contributed by atoms with Crippen molar-refractivity contribution < 1.29 is 19.1 Å². The van der Waals surface area contributed by atoms with Crippen LogP contribution in [0.4, 0.5) is 4.39 Å². The average Bonchev–Trinajstić information content (AvgIpc) is 2.52. The Bertz CT molecular complexity index is 677. The largest absolute Gasteiger partial charge is 0.545 e. The summed E-state index contributed by atoms with van der Waals surface area (Å²) in [5, 5.41) is 13.8. The minimum atomic E-state index is -1.33. The van der Waals surface area contributed by atoms with Crippen molar-refractivity contribution in [2.45, 2.75) is 11.6 Å². The second-order valence-electron chi connectivity index (χ2n) is 4.34.